The van der Waals surface area contributed by atoms with Crippen molar-refractivity contribution in [3.05, 3.63) is 48.2 Å². The Kier molecular flexibility index (Phi) is 3.80. The Morgan fingerprint density at radius 3 is 2.60 bits per heavy atom. The summed E-state index contributed by atoms with van der Waals surface area (Å²) in [5, 5.41) is 3.35. The van der Waals surface area contributed by atoms with Crippen molar-refractivity contribution >= 4 is 0 Å². The summed E-state index contributed by atoms with van der Waals surface area (Å²) in [6, 6.07) is 10.6. The lowest BCUT2D eigenvalue weighted by Gasteiger charge is -2.25. The third kappa shape index (κ3) is 3.40. The largest absolute Gasteiger partial charge is 0.375 e. The molecule has 0 amide bonds. The maximum atomic E-state index is 3.35. The van der Waals surface area contributed by atoms with E-state index in [1.165, 1.54) is 5.56 Å². The van der Waals surface area contributed by atoms with Gasteiger partial charge in [-0.1, -0.05) is 36.4 Å². The van der Waals surface area contributed by atoms with Gasteiger partial charge < -0.3 is 10.2 Å². The van der Waals surface area contributed by atoms with Gasteiger partial charge in [-0.05, 0) is 18.2 Å². The molecule has 1 saturated heterocycles. The smallest absolute Gasteiger partial charge is 0.0298 e. The van der Waals surface area contributed by atoms with E-state index in [0.717, 1.165) is 32.6 Å². The Hall–Kier alpha value is -1.28. The number of hydrogen-bond acceptors (Lipinski definition) is 2. The van der Waals surface area contributed by atoms with Gasteiger partial charge in [0.15, 0.2) is 0 Å². The summed E-state index contributed by atoms with van der Waals surface area (Å²) in [4.78, 5) is 2.37. The number of piperazine rings is 1. The molecule has 0 atom stereocenters. The average molecular weight is 202 g/mol. The highest BCUT2D eigenvalue weighted by atomic mass is 15.2. The van der Waals surface area contributed by atoms with Crippen LogP contribution in [-0.4, -0.2) is 31.1 Å². The molecule has 2 rings (SSSR count). The first-order valence-corrected chi connectivity index (χ1v) is 5.60. The molecule has 1 fully saturated rings. The highest BCUT2D eigenvalue weighted by Gasteiger charge is 2.03. The van der Waals surface area contributed by atoms with Crippen LogP contribution in [0.4, 0.5) is 0 Å². The molecule has 0 spiro atoms. The van der Waals surface area contributed by atoms with Crippen LogP contribution in [0.25, 0.3) is 0 Å². The van der Waals surface area contributed by atoms with Gasteiger partial charge in [-0.25, -0.2) is 0 Å². The van der Waals surface area contributed by atoms with E-state index in [4.69, 9.17) is 0 Å². The monoisotopic (exact) mass is 202 g/mol. The van der Waals surface area contributed by atoms with Crippen molar-refractivity contribution < 1.29 is 0 Å². The summed E-state index contributed by atoms with van der Waals surface area (Å²) >= 11 is 0. The fraction of sp³-hybridized carbons (Fsp3) is 0.385. The quantitative estimate of drug-likeness (QED) is 0.801. The van der Waals surface area contributed by atoms with Crippen molar-refractivity contribution in [2.24, 2.45) is 0 Å². The van der Waals surface area contributed by atoms with E-state index in [0.29, 0.717) is 0 Å². The highest BCUT2D eigenvalue weighted by Crippen LogP contribution is 2.01. The number of allylic oxidation sites excluding steroid dienone is 1. The number of hydrogen-bond donors (Lipinski definition) is 1. The van der Waals surface area contributed by atoms with Crippen LogP contribution in [0.5, 0.6) is 0 Å². The molecule has 0 unspecified atom stereocenters. The van der Waals surface area contributed by atoms with E-state index in [1.807, 2.05) is 0 Å². The third-order valence-corrected chi connectivity index (χ3v) is 2.66. The highest BCUT2D eigenvalue weighted by molar-refractivity contribution is 5.17. The normalized spacial score (nSPS) is 17.2. The van der Waals surface area contributed by atoms with Crippen LogP contribution >= 0.6 is 0 Å². The molecule has 1 aromatic carbocycles. The van der Waals surface area contributed by atoms with E-state index in [2.05, 4.69) is 52.8 Å². The molecule has 1 heterocycles. The first kappa shape index (κ1) is 10.2. The lowest BCUT2D eigenvalue weighted by Crippen LogP contribution is -2.40. The topological polar surface area (TPSA) is 15.3 Å². The van der Waals surface area contributed by atoms with Gasteiger partial charge in [0.25, 0.3) is 0 Å². The minimum absolute atomic E-state index is 1.03. The number of nitrogens with zero attached hydrogens (tertiary/aromatic N) is 1. The van der Waals surface area contributed by atoms with Gasteiger partial charge >= 0.3 is 0 Å². The zero-order valence-corrected chi connectivity index (χ0v) is 9.02. The van der Waals surface area contributed by atoms with Crippen LogP contribution in [0.1, 0.15) is 5.56 Å². The summed E-state index contributed by atoms with van der Waals surface area (Å²) in [5.41, 5.74) is 1.38. The predicted molar refractivity (Wildman–Crippen MR) is 63.7 cm³/mol. The van der Waals surface area contributed by atoms with Crippen LogP contribution in [0.3, 0.4) is 0 Å². The first-order chi connectivity index (χ1) is 7.45. The van der Waals surface area contributed by atoms with Crippen LogP contribution in [0, 0.1) is 0 Å². The Labute approximate surface area is 91.6 Å². The van der Waals surface area contributed by atoms with E-state index in [1.54, 1.807) is 0 Å². The standard InChI is InChI=1S/C13H18N2/c1-2-5-13(6-3-1)7-4-10-15-11-8-14-9-12-15/h1-6,10,14H,7-9,11-12H2/b10-4+. The van der Waals surface area contributed by atoms with Gasteiger partial charge in [-0.15, -0.1) is 0 Å². The molecule has 1 aliphatic heterocycles. The predicted octanol–water partition coefficient (Wildman–Crippen LogP) is 1.65. The van der Waals surface area contributed by atoms with Gasteiger partial charge in [0.05, 0.1) is 0 Å². The second kappa shape index (κ2) is 5.56. The molecular weight excluding hydrogens is 184 g/mol. The summed E-state index contributed by atoms with van der Waals surface area (Å²) in [5.74, 6) is 0. The molecule has 1 N–H and O–H groups in total. The molecule has 2 heteroatoms. The Morgan fingerprint density at radius 1 is 1.13 bits per heavy atom. The van der Waals surface area contributed by atoms with Crippen LogP contribution < -0.4 is 5.32 Å². The molecule has 0 aliphatic carbocycles. The fourth-order valence-corrected chi connectivity index (χ4v) is 1.78. The van der Waals surface area contributed by atoms with Gasteiger partial charge in [0.2, 0.25) is 0 Å². The maximum absolute atomic E-state index is 3.35. The maximum Gasteiger partial charge on any atom is 0.0298 e. The number of nitrogens with one attached hydrogen (secondary N) is 1. The summed E-state index contributed by atoms with van der Waals surface area (Å²) in [6.07, 6.45) is 5.51. The molecule has 80 valence electrons. The molecule has 1 aliphatic rings. The molecule has 2 nitrogen and oxygen atoms in total. The SMILES string of the molecule is C(=C\N1CCNCC1)/Cc1ccccc1. The summed E-state index contributed by atoms with van der Waals surface area (Å²) < 4.78 is 0. The zero-order valence-electron chi connectivity index (χ0n) is 9.02. The van der Waals surface area contributed by atoms with Crippen molar-refractivity contribution in [2.75, 3.05) is 26.2 Å². The van der Waals surface area contributed by atoms with Gasteiger partial charge in [0.1, 0.15) is 0 Å². The van der Waals surface area contributed by atoms with Crippen LogP contribution in [-0.2, 0) is 6.42 Å². The van der Waals surface area contributed by atoms with E-state index in [-0.39, 0.29) is 0 Å². The lowest BCUT2D eigenvalue weighted by atomic mass is 10.1. The van der Waals surface area contributed by atoms with Crippen molar-refractivity contribution in [3.63, 3.8) is 0 Å². The van der Waals surface area contributed by atoms with Gasteiger partial charge in [0, 0.05) is 26.2 Å². The first-order valence-electron chi connectivity index (χ1n) is 5.60. The third-order valence-electron chi connectivity index (χ3n) is 2.66. The molecular formula is C13H18N2. The second-order valence-corrected chi connectivity index (χ2v) is 3.86. The summed E-state index contributed by atoms with van der Waals surface area (Å²) in [6.45, 7) is 4.47. The Bertz CT molecular complexity index is 300. The zero-order chi connectivity index (χ0) is 10.3. The van der Waals surface area contributed by atoms with Crippen molar-refractivity contribution in [3.8, 4) is 0 Å². The van der Waals surface area contributed by atoms with E-state index < -0.39 is 0 Å². The average Bonchev–Trinajstić information content (AvgIpc) is 2.32. The van der Waals surface area contributed by atoms with Crippen molar-refractivity contribution in [1.82, 2.24) is 10.2 Å². The molecule has 15 heavy (non-hydrogen) atoms. The van der Waals surface area contributed by atoms with E-state index in [9.17, 15) is 0 Å². The number of benzene rings is 1. The minimum atomic E-state index is 1.03. The van der Waals surface area contributed by atoms with Crippen LogP contribution in [0.2, 0.25) is 0 Å². The van der Waals surface area contributed by atoms with Gasteiger partial charge in [-0.2, -0.15) is 0 Å². The molecule has 0 radical (unpaired) electrons. The van der Waals surface area contributed by atoms with E-state index >= 15 is 0 Å². The molecule has 0 saturated carbocycles. The molecule has 0 aromatic heterocycles. The molecule has 0 bridgehead atoms. The van der Waals surface area contributed by atoms with Gasteiger partial charge in [-0.3, -0.25) is 0 Å². The lowest BCUT2D eigenvalue weighted by molar-refractivity contribution is 0.323. The minimum Gasteiger partial charge on any atom is -0.375 e. The Balaban J connectivity index is 1.79. The molecule has 1 aromatic rings. The van der Waals surface area contributed by atoms with Crippen LogP contribution in [0.15, 0.2) is 42.6 Å². The summed E-state index contributed by atoms with van der Waals surface area (Å²) in [7, 11) is 0. The van der Waals surface area contributed by atoms with Crippen molar-refractivity contribution in [2.45, 2.75) is 6.42 Å². The Morgan fingerprint density at radius 2 is 1.87 bits per heavy atom. The second-order valence-electron chi connectivity index (χ2n) is 3.86. The fourth-order valence-electron chi connectivity index (χ4n) is 1.78. The number of rotatable bonds is 3. The van der Waals surface area contributed by atoms with Crippen molar-refractivity contribution in [1.29, 1.82) is 0 Å².